The number of hydrogen-bond acceptors (Lipinski definition) is 3. The molecule has 7 heteroatoms. The molecule has 1 heterocycles. The predicted molar refractivity (Wildman–Crippen MR) is 65.0 cm³/mol. The minimum absolute atomic E-state index is 0.218. The van der Waals surface area contributed by atoms with Crippen LogP contribution in [-0.4, -0.2) is 45.3 Å². The highest BCUT2D eigenvalue weighted by molar-refractivity contribution is 5.80. The maximum absolute atomic E-state index is 11.9. The molecule has 0 saturated carbocycles. The molecule has 100 valence electrons. The van der Waals surface area contributed by atoms with Crippen molar-refractivity contribution in [3.05, 3.63) is 18.0 Å². The summed E-state index contributed by atoms with van der Waals surface area (Å²) in [6, 6.07) is -0.600. The third kappa shape index (κ3) is 4.08. The predicted octanol–water partition coefficient (Wildman–Crippen LogP) is 0.977. The van der Waals surface area contributed by atoms with Crippen molar-refractivity contribution in [2.45, 2.75) is 26.3 Å². The third-order valence-electron chi connectivity index (χ3n) is 2.47. The van der Waals surface area contributed by atoms with E-state index < -0.39 is 5.97 Å². The molecule has 1 rings (SSSR count). The van der Waals surface area contributed by atoms with Crippen LogP contribution in [-0.2, 0) is 4.79 Å². The second kappa shape index (κ2) is 6.63. The van der Waals surface area contributed by atoms with Crippen molar-refractivity contribution in [1.29, 1.82) is 0 Å². The van der Waals surface area contributed by atoms with Crippen LogP contribution in [0.2, 0.25) is 0 Å². The SMILES string of the molecule is CCCN(CC(=O)O)C(=O)NC(C)c1cn[nH]c1. The third-order valence-corrected chi connectivity index (χ3v) is 2.47. The van der Waals surface area contributed by atoms with Crippen LogP contribution in [0, 0.1) is 0 Å². The maximum atomic E-state index is 11.9. The van der Waals surface area contributed by atoms with E-state index in [1.54, 1.807) is 12.4 Å². The highest BCUT2D eigenvalue weighted by Crippen LogP contribution is 2.09. The number of amides is 2. The topological polar surface area (TPSA) is 98.3 Å². The Morgan fingerprint density at radius 3 is 2.83 bits per heavy atom. The van der Waals surface area contributed by atoms with Crippen LogP contribution < -0.4 is 5.32 Å². The van der Waals surface area contributed by atoms with Gasteiger partial charge >= 0.3 is 12.0 Å². The summed E-state index contributed by atoms with van der Waals surface area (Å²) < 4.78 is 0. The molecule has 1 atom stereocenters. The number of carbonyl (C=O) groups excluding carboxylic acids is 1. The molecule has 2 amide bonds. The Bertz CT molecular complexity index is 391. The Morgan fingerprint density at radius 1 is 1.61 bits per heavy atom. The second-order valence-corrected chi connectivity index (χ2v) is 4.02. The lowest BCUT2D eigenvalue weighted by molar-refractivity contribution is -0.137. The summed E-state index contributed by atoms with van der Waals surface area (Å²) in [6.07, 6.45) is 4.01. The van der Waals surface area contributed by atoms with Gasteiger partial charge in [-0.1, -0.05) is 6.92 Å². The van der Waals surface area contributed by atoms with Gasteiger partial charge in [-0.15, -0.1) is 0 Å². The van der Waals surface area contributed by atoms with Crippen LogP contribution in [0.15, 0.2) is 12.4 Å². The number of aliphatic carboxylic acids is 1. The van der Waals surface area contributed by atoms with Crippen molar-refractivity contribution in [2.75, 3.05) is 13.1 Å². The minimum atomic E-state index is -1.02. The second-order valence-electron chi connectivity index (χ2n) is 4.02. The maximum Gasteiger partial charge on any atom is 0.323 e. The van der Waals surface area contributed by atoms with Crippen molar-refractivity contribution >= 4 is 12.0 Å². The summed E-state index contributed by atoms with van der Waals surface area (Å²) in [4.78, 5) is 23.8. The van der Waals surface area contributed by atoms with Crippen molar-refractivity contribution in [2.24, 2.45) is 0 Å². The molecule has 1 aromatic heterocycles. The van der Waals surface area contributed by atoms with Crippen LogP contribution in [0.4, 0.5) is 4.79 Å². The van der Waals surface area contributed by atoms with Gasteiger partial charge in [-0.2, -0.15) is 5.10 Å². The average Bonchev–Trinajstić information content (AvgIpc) is 2.81. The average molecular weight is 254 g/mol. The fourth-order valence-corrected chi connectivity index (χ4v) is 1.54. The normalized spacial score (nSPS) is 11.9. The fraction of sp³-hybridized carbons (Fsp3) is 0.545. The molecule has 18 heavy (non-hydrogen) atoms. The number of carboxylic acid groups (broad SMARTS) is 1. The molecular weight excluding hydrogens is 236 g/mol. The van der Waals surface area contributed by atoms with Gasteiger partial charge in [0.1, 0.15) is 6.54 Å². The van der Waals surface area contributed by atoms with E-state index in [9.17, 15) is 9.59 Å². The molecule has 3 N–H and O–H groups in total. The Hall–Kier alpha value is -2.05. The molecular formula is C11H18N4O3. The van der Waals surface area contributed by atoms with Gasteiger partial charge in [0.2, 0.25) is 0 Å². The molecule has 0 spiro atoms. The lowest BCUT2D eigenvalue weighted by Crippen LogP contribution is -2.43. The zero-order chi connectivity index (χ0) is 13.5. The summed E-state index contributed by atoms with van der Waals surface area (Å²) in [6.45, 7) is 3.82. The van der Waals surface area contributed by atoms with Crippen LogP contribution in [0.1, 0.15) is 31.9 Å². The first kappa shape index (κ1) is 14.0. The first-order valence-electron chi connectivity index (χ1n) is 5.80. The van der Waals surface area contributed by atoms with Gasteiger partial charge in [-0.3, -0.25) is 9.89 Å². The van der Waals surface area contributed by atoms with Crippen LogP contribution >= 0.6 is 0 Å². The van der Waals surface area contributed by atoms with E-state index >= 15 is 0 Å². The molecule has 0 aliphatic rings. The van der Waals surface area contributed by atoms with Gasteiger partial charge < -0.3 is 15.3 Å². The minimum Gasteiger partial charge on any atom is -0.480 e. The Labute approximate surface area is 105 Å². The molecule has 0 fully saturated rings. The van der Waals surface area contributed by atoms with Gasteiger partial charge in [-0.05, 0) is 13.3 Å². The Kier molecular flexibility index (Phi) is 5.16. The highest BCUT2D eigenvalue weighted by Gasteiger charge is 2.18. The molecule has 0 radical (unpaired) electrons. The molecule has 7 nitrogen and oxygen atoms in total. The van der Waals surface area contributed by atoms with E-state index in [1.807, 2.05) is 13.8 Å². The Morgan fingerprint density at radius 2 is 2.33 bits per heavy atom. The number of nitrogens with one attached hydrogen (secondary N) is 2. The van der Waals surface area contributed by atoms with Crippen molar-refractivity contribution < 1.29 is 14.7 Å². The summed E-state index contributed by atoms with van der Waals surface area (Å²) in [5.74, 6) is -1.02. The number of urea groups is 1. The molecule has 1 aromatic rings. The summed E-state index contributed by atoms with van der Waals surface area (Å²) in [5.41, 5.74) is 0.843. The summed E-state index contributed by atoms with van der Waals surface area (Å²) >= 11 is 0. The number of carbonyl (C=O) groups is 2. The van der Waals surface area contributed by atoms with Crippen molar-refractivity contribution in [3.63, 3.8) is 0 Å². The lowest BCUT2D eigenvalue weighted by Gasteiger charge is -2.22. The fourth-order valence-electron chi connectivity index (χ4n) is 1.54. The number of aromatic nitrogens is 2. The van der Waals surface area contributed by atoms with E-state index in [0.29, 0.717) is 13.0 Å². The van der Waals surface area contributed by atoms with Crippen molar-refractivity contribution in [1.82, 2.24) is 20.4 Å². The summed E-state index contributed by atoms with van der Waals surface area (Å²) in [7, 11) is 0. The molecule has 1 unspecified atom stereocenters. The van der Waals surface area contributed by atoms with E-state index in [2.05, 4.69) is 15.5 Å². The number of carboxylic acids is 1. The van der Waals surface area contributed by atoms with Gasteiger partial charge in [0, 0.05) is 18.3 Å². The van der Waals surface area contributed by atoms with Gasteiger partial charge in [0.25, 0.3) is 0 Å². The van der Waals surface area contributed by atoms with E-state index in [-0.39, 0.29) is 18.6 Å². The quantitative estimate of drug-likeness (QED) is 0.704. The number of aromatic amines is 1. The number of rotatable bonds is 6. The van der Waals surface area contributed by atoms with Gasteiger partial charge in [-0.25, -0.2) is 4.79 Å². The molecule has 0 aromatic carbocycles. The molecule has 0 saturated heterocycles. The van der Waals surface area contributed by atoms with E-state index in [4.69, 9.17) is 5.11 Å². The van der Waals surface area contributed by atoms with Crippen LogP contribution in [0.5, 0.6) is 0 Å². The number of H-pyrrole nitrogens is 1. The zero-order valence-electron chi connectivity index (χ0n) is 10.5. The molecule has 0 bridgehead atoms. The van der Waals surface area contributed by atoms with Crippen LogP contribution in [0.25, 0.3) is 0 Å². The smallest absolute Gasteiger partial charge is 0.323 e. The first-order valence-corrected chi connectivity index (χ1v) is 5.80. The van der Waals surface area contributed by atoms with Gasteiger partial charge in [0.05, 0.1) is 12.2 Å². The monoisotopic (exact) mass is 254 g/mol. The van der Waals surface area contributed by atoms with Crippen LogP contribution in [0.3, 0.4) is 0 Å². The lowest BCUT2D eigenvalue weighted by atomic mass is 10.2. The van der Waals surface area contributed by atoms with E-state index in [1.165, 1.54) is 4.90 Å². The number of hydrogen-bond donors (Lipinski definition) is 3. The number of nitrogens with zero attached hydrogens (tertiary/aromatic N) is 2. The van der Waals surface area contributed by atoms with Crippen molar-refractivity contribution in [3.8, 4) is 0 Å². The largest absolute Gasteiger partial charge is 0.480 e. The first-order chi connectivity index (χ1) is 8.54. The summed E-state index contributed by atoms with van der Waals surface area (Å²) in [5, 5.41) is 17.9. The standard InChI is InChI=1S/C11H18N4O3/c1-3-4-15(7-10(16)17)11(18)14-8(2)9-5-12-13-6-9/h5-6,8H,3-4,7H2,1-2H3,(H,12,13)(H,14,18)(H,16,17). The van der Waals surface area contributed by atoms with E-state index in [0.717, 1.165) is 5.56 Å². The van der Waals surface area contributed by atoms with Gasteiger partial charge in [0.15, 0.2) is 0 Å². The Balaban J connectivity index is 2.58. The molecule has 0 aliphatic carbocycles. The zero-order valence-corrected chi connectivity index (χ0v) is 10.5. The highest BCUT2D eigenvalue weighted by atomic mass is 16.4. The molecule has 0 aliphatic heterocycles.